The number of nitrogens with zero attached hydrogens (tertiary/aromatic N) is 2. The number of hydrogen-bond donors (Lipinski definition) is 1. The van der Waals surface area contributed by atoms with Crippen molar-refractivity contribution in [3.05, 3.63) is 11.8 Å². The van der Waals surface area contributed by atoms with Gasteiger partial charge in [-0.15, -0.1) is 10.2 Å². The number of nitrogens with one attached hydrogen (secondary N) is 1. The lowest BCUT2D eigenvalue weighted by molar-refractivity contribution is 0.325. The first-order chi connectivity index (χ1) is 8.90. The molecule has 18 heavy (non-hydrogen) atoms. The first-order valence-electron chi connectivity index (χ1n) is 7.45. The minimum absolute atomic E-state index is 0.697. The molecule has 0 spiro atoms. The van der Waals surface area contributed by atoms with Crippen molar-refractivity contribution in [2.24, 2.45) is 5.92 Å². The maximum Gasteiger partial charge on any atom is 0.230 e. The molecular weight excluding hydrogens is 226 g/mol. The van der Waals surface area contributed by atoms with Crippen molar-refractivity contribution < 1.29 is 4.42 Å². The minimum atomic E-state index is 0.697. The van der Waals surface area contributed by atoms with Crippen LogP contribution in [0.1, 0.15) is 63.1 Å². The normalized spacial score (nSPS) is 21.3. The minimum Gasteiger partial charge on any atom is -0.424 e. The molecule has 3 rings (SSSR count). The van der Waals surface area contributed by atoms with E-state index in [1.54, 1.807) is 0 Å². The molecule has 0 amide bonds. The Hall–Kier alpha value is -0.900. The second-order valence-corrected chi connectivity index (χ2v) is 5.79. The summed E-state index contributed by atoms with van der Waals surface area (Å²) in [6.45, 7) is 0.737. The summed E-state index contributed by atoms with van der Waals surface area (Å²) in [5, 5.41) is 11.6. The third-order valence-corrected chi connectivity index (χ3v) is 4.12. The molecule has 0 bridgehead atoms. The van der Waals surface area contributed by atoms with Gasteiger partial charge in [0.25, 0.3) is 0 Å². The standard InChI is InChI=1S/C14H23N3O/c1-2-4-11(5-3-1)6-9-13-16-17-14(18-13)10-15-12-7-8-12/h11-12,15H,1-10H2. The van der Waals surface area contributed by atoms with E-state index >= 15 is 0 Å². The molecule has 0 radical (unpaired) electrons. The maximum absolute atomic E-state index is 5.67. The molecular formula is C14H23N3O. The van der Waals surface area contributed by atoms with Gasteiger partial charge in [0.2, 0.25) is 11.8 Å². The molecule has 1 heterocycles. The molecule has 2 saturated carbocycles. The molecule has 0 atom stereocenters. The summed E-state index contributed by atoms with van der Waals surface area (Å²) in [7, 11) is 0. The predicted molar refractivity (Wildman–Crippen MR) is 69.1 cm³/mol. The highest BCUT2D eigenvalue weighted by Gasteiger charge is 2.21. The van der Waals surface area contributed by atoms with Gasteiger partial charge in [0, 0.05) is 12.5 Å². The van der Waals surface area contributed by atoms with Crippen LogP contribution in [-0.2, 0) is 13.0 Å². The van der Waals surface area contributed by atoms with E-state index in [1.807, 2.05) is 0 Å². The third-order valence-electron chi connectivity index (χ3n) is 4.12. The van der Waals surface area contributed by atoms with Crippen LogP contribution >= 0.6 is 0 Å². The Labute approximate surface area is 109 Å². The molecule has 0 saturated heterocycles. The highest BCUT2D eigenvalue weighted by Crippen LogP contribution is 2.27. The maximum atomic E-state index is 5.67. The van der Waals surface area contributed by atoms with Crippen molar-refractivity contribution >= 4 is 0 Å². The molecule has 1 aromatic heterocycles. The van der Waals surface area contributed by atoms with Crippen molar-refractivity contribution in [2.75, 3.05) is 0 Å². The summed E-state index contributed by atoms with van der Waals surface area (Å²) in [5.74, 6) is 2.47. The summed E-state index contributed by atoms with van der Waals surface area (Å²) >= 11 is 0. The number of hydrogen-bond acceptors (Lipinski definition) is 4. The van der Waals surface area contributed by atoms with E-state index in [-0.39, 0.29) is 0 Å². The molecule has 100 valence electrons. The molecule has 4 heteroatoms. The van der Waals surface area contributed by atoms with Crippen molar-refractivity contribution in [2.45, 2.75) is 70.4 Å². The van der Waals surface area contributed by atoms with Crippen LogP contribution in [0.3, 0.4) is 0 Å². The molecule has 2 fully saturated rings. The Balaban J connectivity index is 1.41. The second-order valence-electron chi connectivity index (χ2n) is 5.79. The van der Waals surface area contributed by atoms with Crippen LogP contribution in [-0.4, -0.2) is 16.2 Å². The lowest BCUT2D eigenvalue weighted by atomic mass is 9.86. The van der Waals surface area contributed by atoms with Crippen LogP contribution in [0.5, 0.6) is 0 Å². The fraction of sp³-hybridized carbons (Fsp3) is 0.857. The van der Waals surface area contributed by atoms with Gasteiger partial charge in [0.05, 0.1) is 6.54 Å². The Bertz CT molecular complexity index is 367. The van der Waals surface area contributed by atoms with E-state index in [1.165, 1.54) is 51.4 Å². The Kier molecular flexibility index (Phi) is 3.93. The number of aromatic nitrogens is 2. The zero-order chi connectivity index (χ0) is 12.2. The highest BCUT2D eigenvalue weighted by molar-refractivity contribution is 4.87. The first-order valence-corrected chi connectivity index (χ1v) is 7.45. The second kappa shape index (κ2) is 5.83. The quantitative estimate of drug-likeness (QED) is 0.842. The van der Waals surface area contributed by atoms with Crippen LogP contribution < -0.4 is 5.32 Å². The van der Waals surface area contributed by atoms with E-state index in [0.29, 0.717) is 6.04 Å². The van der Waals surface area contributed by atoms with E-state index in [0.717, 1.165) is 30.7 Å². The number of aryl methyl sites for hydroxylation is 1. The molecule has 0 aromatic carbocycles. The molecule has 1 N–H and O–H groups in total. The van der Waals surface area contributed by atoms with Crippen LogP contribution in [0.2, 0.25) is 0 Å². The van der Waals surface area contributed by atoms with Gasteiger partial charge in [-0.3, -0.25) is 0 Å². The van der Waals surface area contributed by atoms with Gasteiger partial charge in [0.1, 0.15) is 0 Å². The molecule has 0 unspecified atom stereocenters. The Morgan fingerprint density at radius 3 is 2.56 bits per heavy atom. The van der Waals surface area contributed by atoms with E-state index in [9.17, 15) is 0 Å². The zero-order valence-corrected chi connectivity index (χ0v) is 11.0. The highest BCUT2D eigenvalue weighted by atomic mass is 16.4. The van der Waals surface area contributed by atoms with E-state index in [2.05, 4.69) is 15.5 Å². The van der Waals surface area contributed by atoms with Gasteiger partial charge in [-0.25, -0.2) is 0 Å². The Morgan fingerprint density at radius 2 is 1.78 bits per heavy atom. The van der Waals surface area contributed by atoms with E-state index < -0.39 is 0 Å². The monoisotopic (exact) mass is 249 g/mol. The lowest BCUT2D eigenvalue weighted by Crippen LogP contribution is -2.15. The summed E-state index contributed by atoms with van der Waals surface area (Å²) < 4.78 is 5.67. The Morgan fingerprint density at radius 1 is 1.00 bits per heavy atom. The van der Waals surface area contributed by atoms with Crippen molar-refractivity contribution in [1.29, 1.82) is 0 Å². The van der Waals surface area contributed by atoms with E-state index in [4.69, 9.17) is 4.42 Å². The summed E-state index contributed by atoms with van der Waals surface area (Å²) in [6.07, 6.45) is 11.8. The summed E-state index contributed by atoms with van der Waals surface area (Å²) in [4.78, 5) is 0. The predicted octanol–water partition coefficient (Wildman–Crippen LogP) is 2.83. The third kappa shape index (κ3) is 3.55. The first kappa shape index (κ1) is 12.2. The van der Waals surface area contributed by atoms with Crippen LogP contribution in [0.4, 0.5) is 0 Å². The van der Waals surface area contributed by atoms with Crippen LogP contribution in [0.15, 0.2) is 4.42 Å². The zero-order valence-electron chi connectivity index (χ0n) is 11.0. The number of rotatable bonds is 6. The van der Waals surface area contributed by atoms with Gasteiger partial charge in [-0.1, -0.05) is 32.1 Å². The van der Waals surface area contributed by atoms with Gasteiger partial charge < -0.3 is 9.73 Å². The largest absolute Gasteiger partial charge is 0.424 e. The van der Waals surface area contributed by atoms with Crippen molar-refractivity contribution in [3.63, 3.8) is 0 Å². The van der Waals surface area contributed by atoms with Crippen LogP contribution in [0.25, 0.3) is 0 Å². The van der Waals surface area contributed by atoms with Gasteiger partial charge in [-0.05, 0) is 25.2 Å². The fourth-order valence-electron chi connectivity index (χ4n) is 2.78. The molecule has 1 aromatic rings. The average Bonchev–Trinajstić information content (AvgIpc) is 3.14. The lowest BCUT2D eigenvalue weighted by Gasteiger charge is -2.20. The average molecular weight is 249 g/mol. The van der Waals surface area contributed by atoms with Crippen LogP contribution in [0, 0.1) is 5.92 Å². The van der Waals surface area contributed by atoms with Crippen molar-refractivity contribution in [3.8, 4) is 0 Å². The van der Waals surface area contributed by atoms with Crippen molar-refractivity contribution in [1.82, 2.24) is 15.5 Å². The van der Waals surface area contributed by atoms with Gasteiger partial charge >= 0.3 is 0 Å². The molecule has 2 aliphatic rings. The summed E-state index contributed by atoms with van der Waals surface area (Å²) in [5.41, 5.74) is 0. The summed E-state index contributed by atoms with van der Waals surface area (Å²) in [6, 6.07) is 0.697. The molecule has 2 aliphatic carbocycles. The smallest absolute Gasteiger partial charge is 0.230 e. The molecule has 0 aliphatic heterocycles. The molecule has 4 nitrogen and oxygen atoms in total. The SMILES string of the molecule is C1CCC(CCc2nnc(CNC3CC3)o2)CC1. The fourth-order valence-corrected chi connectivity index (χ4v) is 2.78. The van der Waals surface area contributed by atoms with Gasteiger partial charge in [-0.2, -0.15) is 0 Å². The topological polar surface area (TPSA) is 51.0 Å². The van der Waals surface area contributed by atoms with Gasteiger partial charge in [0.15, 0.2) is 0 Å².